The van der Waals surface area contributed by atoms with Crippen LogP contribution in [0.1, 0.15) is 37.3 Å². The Hall–Kier alpha value is -1.55. The van der Waals surface area contributed by atoms with Gasteiger partial charge < -0.3 is 10.5 Å². The quantitative estimate of drug-likeness (QED) is 0.594. The van der Waals surface area contributed by atoms with Gasteiger partial charge in [-0.3, -0.25) is 10.3 Å². The molecule has 4 nitrogen and oxygen atoms in total. The monoisotopic (exact) mass is 275 g/mol. The molecule has 110 valence electrons. The van der Waals surface area contributed by atoms with Crippen molar-refractivity contribution < 1.29 is 4.74 Å². The summed E-state index contributed by atoms with van der Waals surface area (Å²) in [6.07, 6.45) is 4.15. The first-order valence-electron chi connectivity index (χ1n) is 7.37. The zero-order valence-electron chi connectivity index (χ0n) is 12.5. The summed E-state index contributed by atoms with van der Waals surface area (Å²) >= 11 is 0. The van der Waals surface area contributed by atoms with Gasteiger partial charge in [-0.2, -0.15) is 0 Å². The van der Waals surface area contributed by atoms with Crippen molar-refractivity contribution in [3.05, 3.63) is 29.3 Å². The van der Waals surface area contributed by atoms with E-state index in [1.54, 1.807) is 7.11 Å². The van der Waals surface area contributed by atoms with Crippen LogP contribution in [0.4, 0.5) is 0 Å². The van der Waals surface area contributed by atoms with Gasteiger partial charge in [-0.25, -0.2) is 0 Å². The summed E-state index contributed by atoms with van der Waals surface area (Å²) in [4.78, 5) is 2.48. The summed E-state index contributed by atoms with van der Waals surface area (Å²) in [6.45, 7) is 5.39. The molecule has 0 bridgehead atoms. The van der Waals surface area contributed by atoms with Gasteiger partial charge in [0.1, 0.15) is 11.6 Å². The fourth-order valence-corrected chi connectivity index (χ4v) is 2.66. The number of ether oxygens (including phenoxy) is 1. The molecule has 4 heteroatoms. The van der Waals surface area contributed by atoms with E-state index in [9.17, 15) is 0 Å². The summed E-state index contributed by atoms with van der Waals surface area (Å²) in [7, 11) is 1.62. The van der Waals surface area contributed by atoms with Gasteiger partial charge in [-0.05, 0) is 43.0 Å². The highest BCUT2D eigenvalue weighted by Gasteiger charge is 2.20. The van der Waals surface area contributed by atoms with Gasteiger partial charge >= 0.3 is 0 Å². The largest absolute Gasteiger partial charge is 0.496 e. The molecule has 1 aromatic rings. The third kappa shape index (κ3) is 3.51. The lowest BCUT2D eigenvalue weighted by Crippen LogP contribution is -2.32. The predicted octanol–water partition coefficient (Wildman–Crippen LogP) is 2.60. The second-order valence-electron chi connectivity index (χ2n) is 5.57. The average molecular weight is 275 g/mol. The van der Waals surface area contributed by atoms with Crippen LogP contribution in [0.5, 0.6) is 5.75 Å². The average Bonchev–Trinajstić information content (AvgIpc) is 2.40. The number of nitrogens with one attached hydrogen (secondary N) is 1. The second kappa shape index (κ2) is 6.75. The molecule has 0 amide bonds. The Labute approximate surface area is 121 Å². The molecule has 1 aromatic carbocycles. The fourth-order valence-electron chi connectivity index (χ4n) is 2.66. The van der Waals surface area contributed by atoms with Gasteiger partial charge in [0.25, 0.3) is 0 Å². The van der Waals surface area contributed by atoms with Crippen LogP contribution in [0.25, 0.3) is 0 Å². The van der Waals surface area contributed by atoms with E-state index >= 15 is 0 Å². The highest BCUT2D eigenvalue weighted by atomic mass is 16.5. The number of nitrogens with two attached hydrogens (primary N) is 1. The second-order valence-corrected chi connectivity index (χ2v) is 5.57. The van der Waals surface area contributed by atoms with Crippen LogP contribution in [0.2, 0.25) is 0 Å². The Morgan fingerprint density at radius 3 is 2.70 bits per heavy atom. The molecule has 0 radical (unpaired) electrons. The molecular weight excluding hydrogens is 250 g/mol. The van der Waals surface area contributed by atoms with E-state index in [4.69, 9.17) is 15.9 Å². The summed E-state index contributed by atoms with van der Waals surface area (Å²) in [5.41, 5.74) is 7.43. The SMILES string of the molecule is CCN(Cc1ccc(C(=N)N)c(OC)c1)CC1CCC1. The van der Waals surface area contributed by atoms with Gasteiger partial charge in [0.05, 0.1) is 12.7 Å². The molecule has 1 saturated carbocycles. The number of nitrogens with zero attached hydrogens (tertiary/aromatic N) is 1. The minimum atomic E-state index is 0.0511. The van der Waals surface area contributed by atoms with Crippen LogP contribution < -0.4 is 10.5 Å². The molecule has 0 spiro atoms. The third-order valence-electron chi connectivity index (χ3n) is 4.15. The minimum Gasteiger partial charge on any atom is -0.496 e. The van der Waals surface area contributed by atoms with Crippen molar-refractivity contribution in [3.63, 3.8) is 0 Å². The van der Waals surface area contributed by atoms with Crippen LogP contribution >= 0.6 is 0 Å². The molecule has 1 aliphatic carbocycles. The molecule has 0 atom stereocenters. The molecule has 20 heavy (non-hydrogen) atoms. The van der Waals surface area contributed by atoms with E-state index < -0.39 is 0 Å². The Bertz CT molecular complexity index is 469. The molecule has 0 unspecified atom stereocenters. The zero-order chi connectivity index (χ0) is 14.5. The molecule has 0 heterocycles. The summed E-state index contributed by atoms with van der Waals surface area (Å²) in [6, 6.07) is 5.93. The number of rotatable bonds is 7. The van der Waals surface area contributed by atoms with Crippen LogP contribution in [-0.4, -0.2) is 30.9 Å². The van der Waals surface area contributed by atoms with Crippen molar-refractivity contribution in [1.82, 2.24) is 4.90 Å². The topological polar surface area (TPSA) is 62.3 Å². The first kappa shape index (κ1) is 14.9. The Balaban J connectivity index is 2.05. The maximum atomic E-state index is 7.54. The van der Waals surface area contributed by atoms with Gasteiger partial charge in [0.15, 0.2) is 0 Å². The number of methoxy groups -OCH3 is 1. The Morgan fingerprint density at radius 2 is 2.20 bits per heavy atom. The molecule has 1 fully saturated rings. The molecular formula is C16H25N3O. The van der Waals surface area contributed by atoms with Crippen molar-refractivity contribution >= 4 is 5.84 Å². The van der Waals surface area contributed by atoms with Crippen molar-refractivity contribution in [2.75, 3.05) is 20.2 Å². The fraction of sp³-hybridized carbons (Fsp3) is 0.562. The number of amidine groups is 1. The van der Waals surface area contributed by atoms with Crippen molar-refractivity contribution in [2.45, 2.75) is 32.7 Å². The van der Waals surface area contributed by atoms with Crippen LogP contribution in [0, 0.1) is 11.3 Å². The van der Waals surface area contributed by atoms with E-state index in [0.29, 0.717) is 11.3 Å². The minimum absolute atomic E-state index is 0.0511. The molecule has 1 aliphatic rings. The van der Waals surface area contributed by atoms with Gasteiger partial charge in [-0.1, -0.05) is 19.4 Å². The smallest absolute Gasteiger partial charge is 0.130 e. The molecule has 0 aromatic heterocycles. The number of nitrogen functional groups attached to an aromatic ring is 1. The molecule has 3 N–H and O–H groups in total. The summed E-state index contributed by atoms with van der Waals surface area (Å²) in [5.74, 6) is 1.62. The molecule has 2 rings (SSSR count). The third-order valence-corrected chi connectivity index (χ3v) is 4.15. The van der Waals surface area contributed by atoms with E-state index in [-0.39, 0.29) is 5.84 Å². The number of hydrogen-bond donors (Lipinski definition) is 2. The van der Waals surface area contributed by atoms with Gasteiger partial charge in [0.2, 0.25) is 0 Å². The zero-order valence-corrected chi connectivity index (χ0v) is 12.5. The highest BCUT2D eigenvalue weighted by molar-refractivity contribution is 5.97. The first-order chi connectivity index (χ1) is 9.63. The van der Waals surface area contributed by atoms with Gasteiger partial charge in [-0.15, -0.1) is 0 Å². The van der Waals surface area contributed by atoms with E-state index in [0.717, 1.165) is 19.0 Å². The maximum absolute atomic E-state index is 7.54. The maximum Gasteiger partial charge on any atom is 0.130 e. The van der Waals surface area contributed by atoms with Gasteiger partial charge in [0, 0.05) is 13.1 Å². The number of benzene rings is 1. The van der Waals surface area contributed by atoms with Crippen molar-refractivity contribution in [3.8, 4) is 5.75 Å². The van der Waals surface area contributed by atoms with Crippen molar-refractivity contribution in [2.24, 2.45) is 11.7 Å². The van der Waals surface area contributed by atoms with Crippen molar-refractivity contribution in [1.29, 1.82) is 5.41 Å². The predicted molar refractivity (Wildman–Crippen MR) is 82.3 cm³/mol. The lowest BCUT2D eigenvalue weighted by atomic mass is 9.85. The van der Waals surface area contributed by atoms with E-state index in [1.165, 1.54) is 31.4 Å². The molecule has 0 saturated heterocycles. The summed E-state index contributed by atoms with van der Waals surface area (Å²) in [5, 5.41) is 7.54. The first-order valence-corrected chi connectivity index (χ1v) is 7.37. The summed E-state index contributed by atoms with van der Waals surface area (Å²) < 4.78 is 5.34. The Morgan fingerprint density at radius 1 is 1.45 bits per heavy atom. The van der Waals surface area contributed by atoms with Crippen LogP contribution in [0.15, 0.2) is 18.2 Å². The number of hydrogen-bond acceptors (Lipinski definition) is 3. The van der Waals surface area contributed by atoms with Crippen LogP contribution in [-0.2, 0) is 6.54 Å². The van der Waals surface area contributed by atoms with Crippen LogP contribution in [0.3, 0.4) is 0 Å². The van der Waals surface area contributed by atoms with E-state index in [2.05, 4.69) is 11.8 Å². The highest BCUT2D eigenvalue weighted by Crippen LogP contribution is 2.28. The van der Waals surface area contributed by atoms with E-state index in [1.807, 2.05) is 18.2 Å². The Kier molecular flexibility index (Phi) is 5.01. The lowest BCUT2D eigenvalue weighted by Gasteiger charge is -2.31. The standard InChI is InChI=1S/C16H25N3O/c1-3-19(10-12-5-4-6-12)11-13-7-8-14(16(17)18)15(9-13)20-2/h7-9,12H,3-6,10-11H2,1-2H3,(H3,17,18). The molecule has 0 aliphatic heterocycles. The lowest BCUT2D eigenvalue weighted by molar-refractivity contribution is 0.178. The normalized spacial score (nSPS) is 15.2.